The van der Waals surface area contributed by atoms with Crippen LogP contribution in [-0.2, 0) is 0 Å². The fourth-order valence-corrected chi connectivity index (χ4v) is 2.00. The molecule has 1 aliphatic heterocycles. The van der Waals surface area contributed by atoms with Gasteiger partial charge in [-0.15, -0.1) is 0 Å². The van der Waals surface area contributed by atoms with Crippen molar-refractivity contribution in [2.45, 2.75) is 18.8 Å². The van der Waals surface area contributed by atoms with Crippen molar-refractivity contribution in [2.24, 2.45) is 0 Å². The van der Waals surface area contributed by atoms with Crippen LogP contribution in [0, 0.1) is 10.1 Å². The Kier molecular flexibility index (Phi) is 3.34. The number of hydrogen-bond donors (Lipinski definition) is 0. The number of aromatic nitrogens is 1. The van der Waals surface area contributed by atoms with E-state index >= 15 is 0 Å². The predicted molar refractivity (Wildman–Crippen MR) is 62.3 cm³/mol. The fraction of sp³-hybridized carbons (Fsp3) is 0.500. The zero-order chi connectivity index (χ0) is 13.3. The molecule has 1 fully saturated rings. The average Bonchev–Trinajstić information content (AvgIpc) is 2.28. The Morgan fingerprint density at radius 3 is 2.56 bits per heavy atom. The summed E-state index contributed by atoms with van der Waals surface area (Å²) >= 11 is 5.74. The highest BCUT2D eigenvalue weighted by Crippen LogP contribution is 2.32. The summed E-state index contributed by atoms with van der Waals surface area (Å²) in [7, 11) is 0. The standard InChI is InChI=1S/C10H10ClF2N3O2/c11-7-5-9(14-6-8(7)16(17)18)15-3-1-10(12,13)2-4-15/h5-6H,1-4H2. The molecule has 1 aliphatic rings. The van der Waals surface area contributed by atoms with Crippen LogP contribution in [-0.4, -0.2) is 28.9 Å². The summed E-state index contributed by atoms with van der Waals surface area (Å²) in [6.07, 6.45) is 0.553. The van der Waals surface area contributed by atoms with E-state index in [9.17, 15) is 18.9 Å². The van der Waals surface area contributed by atoms with E-state index in [2.05, 4.69) is 4.98 Å². The molecule has 0 radical (unpaired) electrons. The molecule has 0 bridgehead atoms. The molecule has 1 aromatic heterocycles. The van der Waals surface area contributed by atoms with Gasteiger partial charge in [0, 0.05) is 32.0 Å². The summed E-state index contributed by atoms with van der Waals surface area (Å²) in [5.74, 6) is -2.25. The zero-order valence-corrected chi connectivity index (χ0v) is 10.0. The van der Waals surface area contributed by atoms with Crippen LogP contribution >= 0.6 is 11.6 Å². The first-order chi connectivity index (χ1) is 8.39. The summed E-state index contributed by atoms with van der Waals surface area (Å²) in [5, 5.41) is 10.5. The smallest absolute Gasteiger partial charge is 0.306 e. The van der Waals surface area contributed by atoms with E-state index in [1.54, 1.807) is 4.90 Å². The van der Waals surface area contributed by atoms with Gasteiger partial charge in [-0.1, -0.05) is 11.6 Å². The molecular weight excluding hydrogens is 268 g/mol. The molecule has 1 aromatic rings. The van der Waals surface area contributed by atoms with Gasteiger partial charge in [-0.05, 0) is 0 Å². The van der Waals surface area contributed by atoms with Crippen LogP contribution in [0.15, 0.2) is 12.3 Å². The monoisotopic (exact) mass is 277 g/mol. The second kappa shape index (κ2) is 4.64. The van der Waals surface area contributed by atoms with Gasteiger partial charge in [-0.25, -0.2) is 13.8 Å². The Hall–Kier alpha value is -1.50. The van der Waals surface area contributed by atoms with Crippen LogP contribution in [0.4, 0.5) is 20.3 Å². The lowest BCUT2D eigenvalue weighted by atomic mass is 10.1. The second-order valence-electron chi connectivity index (χ2n) is 4.09. The van der Waals surface area contributed by atoms with Crippen molar-refractivity contribution >= 4 is 23.1 Å². The maximum Gasteiger partial charge on any atom is 0.306 e. The molecular formula is C10H10ClF2N3O2. The molecule has 0 N–H and O–H groups in total. The molecule has 2 heterocycles. The normalized spacial score (nSPS) is 18.7. The molecule has 0 amide bonds. The molecule has 98 valence electrons. The van der Waals surface area contributed by atoms with E-state index < -0.39 is 10.8 Å². The van der Waals surface area contributed by atoms with Crippen molar-refractivity contribution in [3.05, 3.63) is 27.4 Å². The third-order valence-electron chi connectivity index (χ3n) is 2.84. The first kappa shape index (κ1) is 12.9. The highest BCUT2D eigenvalue weighted by molar-refractivity contribution is 6.32. The van der Waals surface area contributed by atoms with Gasteiger partial charge in [0.05, 0.1) is 4.92 Å². The molecule has 0 spiro atoms. The minimum absolute atomic E-state index is 0.0395. The molecule has 2 rings (SSSR count). The third kappa shape index (κ3) is 2.66. The highest BCUT2D eigenvalue weighted by atomic mass is 35.5. The molecule has 8 heteroatoms. The number of anilines is 1. The molecule has 1 saturated heterocycles. The van der Waals surface area contributed by atoms with Crippen LogP contribution in [0.3, 0.4) is 0 Å². The van der Waals surface area contributed by atoms with Crippen molar-refractivity contribution in [3.63, 3.8) is 0 Å². The predicted octanol–water partition coefficient (Wildman–Crippen LogP) is 2.88. The van der Waals surface area contributed by atoms with Gasteiger partial charge in [0.25, 0.3) is 5.92 Å². The second-order valence-corrected chi connectivity index (χ2v) is 4.50. The van der Waals surface area contributed by atoms with Gasteiger partial charge in [-0.3, -0.25) is 10.1 Å². The number of nitro groups is 1. The van der Waals surface area contributed by atoms with E-state index in [0.29, 0.717) is 5.82 Å². The molecule has 5 nitrogen and oxygen atoms in total. The summed E-state index contributed by atoms with van der Waals surface area (Å²) in [6, 6.07) is 1.34. The molecule has 0 aromatic carbocycles. The minimum atomic E-state index is -2.64. The van der Waals surface area contributed by atoms with Crippen molar-refractivity contribution in [1.29, 1.82) is 0 Å². The summed E-state index contributed by atoms with van der Waals surface area (Å²) in [6.45, 7) is 0.322. The first-order valence-electron chi connectivity index (χ1n) is 5.32. The van der Waals surface area contributed by atoms with Gasteiger partial charge >= 0.3 is 5.69 Å². The van der Waals surface area contributed by atoms with E-state index in [1.165, 1.54) is 6.07 Å². The van der Waals surface area contributed by atoms with Crippen molar-refractivity contribution in [1.82, 2.24) is 4.98 Å². The van der Waals surface area contributed by atoms with E-state index in [-0.39, 0.29) is 36.6 Å². The topological polar surface area (TPSA) is 59.3 Å². The molecule has 0 atom stereocenters. The lowest BCUT2D eigenvalue weighted by Gasteiger charge is -2.32. The number of rotatable bonds is 2. The van der Waals surface area contributed by atoms with Crippen molar-refractivity contribution in [2.75, 3.05) is 18.0 Å². The van der Waals surface area contributed by atoms with E-state index in [0.717, 1.165) is 6.20 Å². The first-order valence-corrected chi connectivity index (χ1v) is 5.69. The molecule has 0 saturated carbocycles. The Labute approximate surface area is 107 Å². The third-order valence-corrected chi connectivity index (χ3v) is 3.14. The van der Waals surface area contributed by atoms with E-state index in [4.69, 9.17) is 11.6 Å². The van der Waals surface area contributed by atoms with Crippen LogP contribution in [0.5, 0.6) is 0 Å². The lowest BCUT2D eigenvalue weighted by Crippen LogP contribution is -2.39. The van der Waals surface area contributed by atoms with Crippen LogP contribution in [0.25, 0.3) is 0 Å². The van der Waals surface area contributed by atoms with Crippen molar-refractivity contribution < 1.29 is 13.7 Å². The maximum absolute atomic E-state index is 13.0. The Morgan fingerprint density at radius 2 is 2.06 bits per heavy atom. The number of nitrogens with zero attached hydrogens (tertiary/aromatic N) is 3. The Morgan fingerprint density at radius 1 is 1.44 bits per heavy atom. The van der Waals surface area contributed by atoms with Gasteiger partial charge in [0.15, 0.2) is 0 Å². The van der Waals surface area contributed by atoms with Gasteiger partial charge < -0.3 is 4.90 Å². The summed E-state index contributed by atoms with van der Waals surface area (Å²) in [4.78, 5) is 15.5. The van der Waals surface area contributed by atoms with Gasteiger partial charge in [-0.2, -0.15) is 0 Å². The van der Waals surface area contributed by atoms with E-state index in [1.807, 2.05) is 0 Å². The number of alkyl halides is 2. The number of pyridine rings is 1. The SMILES string of the molecule is O=[N+]([O-])c1cnc(N2CCC(F)(F)CC2)cc1Cl. The van der Waals surface area contributed by atoms with Crippen LogP contribution in [0.2, 0.25) is 5.02 Å². The molecule has 0 unspecified atom stereocenters. The summed E-state index contributed by atoms with van der Waals surface area (Å²) in [5.41, 5.74) is -0.289. The Bertz CT molecular complexity index is 474. The molecule has 0 aliphatic carbocycles. The van der Waals surface area contributed by atoms with Crippen LogP contribution in [0.1, 0.15) is 12.8 Å². The largest absolute Gasteiger partial charge is 0.356 e. The average molecular weight is 278 g/mol. The minimum Gasteiger partial charge on any atom is -0.356 e. The zero-order valence-electron chi connectivity index (χ0n) is 9.28. The number of piperidine rings is 1. The fourth-order valence-electron chi connectivity index (χ4n) is 1.78. The lowest BCUT2D eigenvalue weighted by molar-refractivity contribution is -0.385. The number of halogens is 3. The van der Waals surface area contributed by atoms with Crippen LogP contribution < -0.4 is 4.90 Å². The van der Waals surface area contributed by atoms with Crippen molar-refractivity contribution in [3.8, 4) is 0 Å². The number of hydrogen-bond acceptors (Lipinski definition) is 4. The highest BCUT2D eigenvalue weighted by Gasteiger charge is 2.34. The summed E-state index contributed by atoms with van der Waals surface area (Å²) < 4.78 is 26.0. The molecule has 18 heavy (non-hydrogen) atoms. The Balaban J connectivity index is 2.16. The maximum atomic E-state index is 13.0. The van der Waals surface area contributed by atoms with Gasteiger partial charge in [0.1, 0.15) is 17.0 Å². The quantitative estimate of drug-likeness (QED) is 0.616. The van der Waals surface area contributed by atoms with Gasteiger partial charge in [0.2, 0.25) is 0 Å².